The highest BCUT2D eigenvalue weighted by atomic mass is 19.1. The van der Waals surface area contributed by atoms with Gasteiger partial charge in [-0.1, -0.05) is 12.1 Å². The van der Waals surface area contributed by atoms with Crippen molar-refractivity contribution in [2.24, 2.45) is 0 Å². The lowest BCUT2D eigenvalue weighted by Gasteiger charge is -2.34. The van der Waals surface area contributed by atoms with Crippen LogP contribution in [0.1, 0.15) is 16.1 Å². The van der Waals surface area contributed by atoms with E-state index in [-0.39, 0.29) is 24.1 Å². The van der Waals surface area contributed by atoms with Gasteiger partial charge in [0.2, 0.25) is 5.91 Å². The number of benzene rings is 1. The lowest BCUT2D eigenvalue weighted by molar-refractivity contribution is -0.131. The lowest BCUT2D eigenvalue weighted by Crippen LogP contribution is -2.51. The number of aromatic amines is 1. The molecule has 0 saturated carbocycles. The van der Waals surface area contributed by atoms with Gasteiger partial charge < -0.3 is 14.8 Å². The summed E-state index contributed by atoms with van der Waals surface area (Å²) >= 11 is 0. The van der Waals surface area contributed by atoms with E-state index in [1.54, 1.807) is 40.3 Å². The van der Waals surface area contributed by atoms with Gasteiger partial charge in [-0.05, 0) is 29.8 Å². The summed E-state index contributed by atoms with van der Waals surface area (Å²) in [6.07, 6.45) is 1.90. The van der Waals surface area contributed by atoms with Crippen LogP contribution in [0.3, 0.4) is 0 Å². The molecule has 3 rings (SSSR count). The highest BCUT2D eigenvalue weighted by Crippen LogP contribution is 2.10. The lowest BCUT2D eigenvalue weighted by atomic mass is 10.1. The van der Waals surface area contributed by atoms with Gasteiger partial charge in [-0.3, -0.25) is 9.59 Å². The molecule has 23 heavy (non-hydrogen) atoms. The van der Waals surface area contributed by atoms with Crippen LogP contribution in [0.15, 0.2) is 42.6 Å². The number of nitrogens with zero attached hydrogens (tertiary/aromatic N) is 2. The number of piperazine rings is 1. The second kappa shape index (κ2) is 6.64. The van der Waals surface area contributed by atoms with Crippen molar-refractivity contribution >= 4 is 11.8 Å². The SMILES string of the molecule is O=C(Cc1cccc(F)c1)N1CCN(C(=O)c2ccc[nH]2)CC1. The van der Waals surface area contributed by atoms with Crippen molar-refractivity contribution in [3.8, 4) is 0 Å². The summed E-state index contributed by atoms with van der Waals surface area (Å²) in [5.41, 5.74) is 1.23. The first kappa shape index (κ1) is 15.3. The maximum Gasteiger partial charge on any atom is 0.270 e. The maximum atomic E-state index is 13.2. The summed E-state index contributed by atoms with van der Waals surface area (Å²) < 4.78 is 13.2. The van der Waals surface area contributed by atoms with Crippen molar-refractivity contribution in [1.29, 1.82) is 0 Å². The van der Waals surface area contributed by atoms with Crippen molar-refractivity contribution in [3.63, 3.8) is 0 Å². The third kappa shape index (κ3) is 3.59. The Morgan fingerprint density at radius 1 is 1.04 bits per heavy atom. The number of carbonyl (C=O) groups excluding carboxylic acids is 2. The Bertz CT molecular complexity index is 692. The Morgan fingerprint density at radius 2 is 1.78 bits per heavy atom. The first-order valence-electron chi connectivity index (χ1n) is 7.58. The van der Waals surface area contributed by atoms with E-state index in [1.165, 1.54) is 12.1 Å². The van der Waals surface area contributed by atoms with Crippen LogP contribution < -0.4 is 0 Å². The molecular formula is C17H18FN3O2. The minimum atomic E-state index is -0.336. The number of aromatic nitrogens is 1. The van der Waals surface area contributed by atoms with Crippen LogP contribution in [-0.2, 0) is 11.2 Å². The molecule has 2 heterocycles. The summed E-state index contributed by atoms with van der Waals surface area (Å²) in [7, 11) is 0. The summed E-state index contributed by atoms with van der Waals surface area (Å²) in [6.45, 7) is 2.01. The van der Waals surface area contributed by atoms with Crippen molar-refractivity contribution < 1.29 is 14.0 Å². The van der Waals surface area contributed by atoms with Crippen LogP contribution in [0.25, 0.3) is 0 Å². The standard InChI is InChI=1S/C17H18FN3O2/c18-14-4-1-3-13(11-14)12-16(22)20-7-9-21(10-8-20)17(23)15-5-2-6-19-15/h1-6,11,19H,7-10,12H2. The molecule has 120 valence electrons. The minimum absolute atomic E-state index is 0.0393. The smallest absolute Gasteiger partial charge is 0.270 e. The van der Waals surface area contributed by atoms with Crippen LogP contribution >= 0.6 is 0 Å². The number of amides is 2. The van der Waals surface area contributed by atoms with E-state index >= 15 is 0 Å². The molecule has 1 saturated heterocycles. The van der Waals surface area contributed by atoms with Crippen molar-refractivity contribution in [2.75, 3.05) is 26.2 Å². The van der Waals surface area contributed by atoms with Gasteiger partial charge in [-0.25, -0.2) is 4.39 Å². The van der Waals surface area contributed by atoms with Gasteiger partial charge in [0.15, 0.2) is 0 Å². The van der Waals surface area contributed by atoms with Gasteiger partial charge in [-0.15, -0.1) is 0 Å². The van der Waals surface area contributed by atoms with Crippen LogP contribution in [-0.4, -0.2) is 52.8 Å². The van der Waals surface area contributed by atoms with Crippen molar-refractivity contribution in [3.05, 3.63) is 59.7 Å². The van der Waals surface area contributed by atoms with E-state index in [4.69, 9.17) is 0 Å². The summed E-state index contributed by atoms with van der Waals surface area (Å²) in [5, 5.41) is 0. The summed E-state index contributed by atoms with van der Waals surface area (Å²) in [5.74, 6) is -0.425. The largest absolute Gasteiger partial charge is 0.357 e. The Morgan fingerprint density at radius 3 is 2.43 bits per heavy atom. The fraction of sp³-hybridized carbons (Fsp3) is 0.294. The molecule has 0 radical (unpaired) electrons. The number of hydrogen-bond donors (Lipinski definition) is 1. The zero-order chi connectivity index (χ0) is 16.2. The van der Waals surface area contributed by atoms with Gasteiger partial charge in [0.1, 0.15) is 11.5 Å². The highest BCUT2D eigenvalue weighted by Gasteiger charge is 2.25. The molecule has 0 aliphatic carbocycles. The van der Waals surface area contributed by atoms with Gasteiger partial charge >= 0.3 is 0 Å². The molecule has 1 N–H and O–H groups in total. The predicted molar refractivity (Wildman–Crippen MR) is 83.4 cm³/mol. The van der Waals surface area contributed by atoms with Crippen LogP contribution in [0.2, 0.25) is 0 Å². The molecule has 1 aliphatic rings. The maximum absolute atomic E-state index is 13.2. The number of H-pyrrole nitrogens is 1. The van der Waals surface area contributed by atoms with E-state index in [9.17, 15) is 14.0 Å². The zero-order valence-electron chi connectivity index (χ0n) is 12.7. The van der Waals surface area contributed by atoms with E-state index in [2.05, 4.69) is 4.98 Å². The molecule has 5 nitrogen and oxygen atoms in total. The first-order valence-corrected chi connectivity index (χ1v) is 7.58. The molecule has 0 bridgehead atoms. The molecule has 1 aliphatic heterocycles. The van der Waals surface area contributed by atoms with E-state index in [0.717, 1.165) is 0 Å². The van der Waals surface area contributed by atoms with E-state index < -0.39 is 0 Å². The Hall–Kier alpha value is -2.63. The molecule has 2 aromatic rings. The van der Waals surface area contributed by atoms with Crippen molar-refractivity contribution in [2.45, 2.75) is 6.42 Å². The van der Waals surface area contributed by atoms with E-state index in [0.29, 0.717) is 37.4 Å². The summed E-state index contributed by atoms with van der Waals surface area (Å²) in [6, 6.07) is 9.61. The number of halogens is 1. The zero-order valence-corrected chi connectivity index (χ0v) is 12.7. The second-order valence-electron chi connectivity index (χ2n) is 5.56. The fourth-order valence-corrected chi connectivity index (χ4v) is 2.73. The minimum Gasteiger partial charge on any atom is -0.357 e. The monoisotopic (exact) mass is 315 g/mol. The van der Waals surface area contributed by atoms with E-state index in [1.807, 2.05) is 0 Å². The molecule has 6 heteroatoms. The van der Waals surface area contributed by atoms with Crippen LogP contribution in [0.5, 0.6) is 0 Å². The van der Waals surface area contributed by atoms with Gasteiger partial charge in [0.25, 0.3) is 5.91 Å². The molecule has 1 aromatic carbocycles. The number of carbonyl (C=O) groups is 2. The quantitative estimate of drug-likeness (QED) is 0.937. The van der Waals surface area contributed by atoms with Crippen LogP contribution in [0, 0.1) is 5.82 Å². The first-order chi connectivity index (χ1) is 11.1. The highest BCUT2D eigenvalue weighted by molar-refractivity contribution is 5.92. The number of hydrogen-bond acceptors (Lipinski definition) is 2. The average Bonchev–Trinajstić information content (AvgIpc) is 3.09. The Labute approximate surface area is 133 Å². The predicted octanol–water partition coefficient (Wildman–Crippen LogP) is 1.68. The number of nitrogens with one attached hydrogen (secondary N) is 1. The fourth-order valence-electron chi connectivity index (χ4n) is 2.73. The average molecular weight is 315 g/mol. The number of rotatable bonds is 3. The van der Waals surface area contributed by atoms with Crippen molar-refractivity contribution in [1.82, 2.24) is 14.8 Å². The Balaban J connectivity index is 1.54. The summed E-state index contributed by atoms with van der Waals surface area (Å²) in [4.78, 5) is 30.9. The Kier molecular flexibility index (Phi) is 4.41. The second-order valence-corrected chi connectivity index (χ2v) is 5.56. The van der Waals surface area contributed by atoms with Gasteiger partial charge in [0, 0.05) is 32.4 Å². The topological polar surface area (TPSA) is 56.4 Å². The molecule has 0 spiro atoms. The molecular weight excluding hydrogens is 297 g/mol. The molecule has 1 aromatic heterocycles. The molecule has 2 amide bonds. The third-order valence-electron chi connectivity index (χ3n) is 3.99. The van der Waals surface area contributed by atoms with Crippen LogP contribution in [0.4, 0.5) is 4.39 Å². The molecule has 0 unspecified atom stereocenters. The normalized spacial score (nSPS) is 14.8. The van der Waals surface area contributed by atoms with Gasteiger partial charge in [-0.2, -0.15) is 0 Å². The van der Waals surface area contributed by atoms with Gasteiger partial charge in [0.05, 0.1) is 6.42 Å². The third-order valence-corrected chi connectivity index (χ3v) is 3.99. The molecule has 1 fully saturated rings. The molecule has 0 atom stereocenters.